The number of aryl methyl sites for hydroxylation is 3. The van der Waals surface area contributed by atoms with E-state index < -0.39 is 0 Å². The molecule has 1 fully saturated rings. The van der Waals surface area contributed by atoms with E-state index in [1.807, 2.05) is 0 Å². The van der Waals surface area contributed by atoms with Gasteiger partial charge in [-0.05, 0) is 81.8 Å². The van der Waals surface area contributed by atoms with E-state index in [1.54, 1.807) is 0 Å². The minimum absolute atomic E-state index is 0.134. The molecule has 0 unspecified atom stereocenters. The molecular formula is C38H42NO+. The zero-order chi connectivity index (χ0) is 27.8. The van der Waals surface area contributed by atoms with Crippen LogP contribution in [0.2, 0.25) is 0 Å². The van der Waals surface area contributed by atoms with Crippen LogP contribution in [0.3, 0.4) is 0 Å². The second-order valence-electron chi connectivity index (χ2n) is 13.7. The molecule has 0 saturated heterocycles. The Morgan fingerprint density at radius 3 is 2.45 bits per heavy atom. The van der Waals surface area contributed by atoms with E-state index in [4.69, 9.17) is 4.74 Å². The lowest BCUT2D eigenvalue weighted by Crippen LogP contribution is -2.32. The van der Waals surface area contributed by atoms with Crippen LogP contribution in [0, 0.1) is 18.3 Å². The molecule has 40 heavy (non-hydrogen) atoms. The summed E-state index contributed by atoms with van der Waals surface area (Å²) in [6, 6.07) is 18.7. The third kappa shape index (κ3) is 4.02. The highest BCUT2D eigenvalue weighted by Gasteiger charge is 2.34. The summed E-state index contributed by atoms with van der Waals surface area (Å²) in [5.74, 6) is 2.88. The van der Waals surface area contributed by atoms with Crippen LogP contribution in [0.4, 0.5) is 0 Å². The van der Waals surface area contributed by atoms with Gasteiger partial charge in [-0.25, -0.2) is 4.57 Å². The van der Waals surface area contributed by atoms with E-state index in [9.17, 15) is 0 Å². The number of hydrogen-bond donors (Lipinski definition) is 0. The standard InChI is InChI=1S/C38H42NO/c1-7-24-15-16-28-30(20-24)23(2)34-36-35-29(17-18-39(36)6)27-14-10-13-26(19-25-11-8-9-12-25)31(27)21-33(35)40-37(34)32(28)22-38(3,4)5/h10,13-18,20-21,25H,7-9,11-12,19,22H2,1-6H3/q+1. The van der Waals surface area contributed by atoms with Crippen LogP contribution in [0.1, 0.15) is 75.6 Å². The first-order valence-corrected chi connectivity index (χ1v) is 15.4. The van der Waals surface area contributed by atoms with Gasteiger partial charge in [-0.2, -0.15) is 0 Å². The molecule has 7 rings (SSSR count). The highest BCUT2D eigenvalue weighted by molar-refractivity contribution is 6.16. The average Bonchev–Trinajstić information content (AvgIpc) is 3.44. The fourth-order valence-electron chi connectivity index (χ4n) is 7.61. The molecule has 1 saturated carbocycles. The molecule has 0 radical (unpaired) electrons. The molecule has 2 nitrogen and oxygen atoms in total. The van der Waals surface area contributed by atoms with Gasteiger partial charge in [-0.3, -0.25) is 0 Å². The van der Waals surface area contributed by atoms with Crippen molar-refractivity contribution in [3.63, 3.8) is 0 Å². The molecule has 0 spiro atoms. The maximum absolute atomic E-state index is 7.15. The number of pyridine rings is 1. The Balaban J connectivity index is 1.56. The van der Waals surface area contributed by atoms with Gasteiger partial charge in [0, 0.05) is 17.0 Å². The third-order valence-electron chi connectivity index (χ3n) is 9.57. The van der Waals surface area contributed by atoms with Gasteiger partial charge in [0.05, 0.1) is 10.9 Å². The fraction of sp³-hybridized carbons (Fsp3) is 0.395. The van der Waals surface area contributed by atoms with Crippen LogP contribution in [-0.2, 0) is 26.3 Å². The SMILES string of the molecule is CCc1ccc2c(CC(C)(C)C)c3c(c(C)c2c1)-c1c2c(cc4c(CC5CCCC5)cccc4c2cc[n+]1C)O3. The van der Waals surface area contributed by atoms with E-state index >= 15 is 0 Å². The minimum atomic E-state index is 0.134. The van der Waals surface area contributed by atoms with E-state index in [0.29, 0.717) is 0 Å². The lowest BCUT2D eigenvalue weighted by Gasteiger charge is -2.28. The van der Waals surface area contributed by atoms with E-state index in [0.717, 1.165) is 30.3 Å². The van der Waals surface area contributed by atoms with Crippen molar-refractivity contribution >= 4 is 32.3 Å². The van der Waals surface area contributed by atoms with Gasteiger partial charge in [-0.15, -0.1) is 0 Å². The van der Waals surface area contributed by atoms with Gasteiger partial charge >= 0.3 is 0 Å². The zero-order valence-corrected chi connectivity index (χ0v) is 25.1. The lowest BCUT2D eigenvalue weighted by atomic mass is 9.81. The molecule has 1 aromatic heterocycles. The highest BCUT2D eigenvalue weighted by atomic mass is 16.5. The van der Waals surface area contributed by atoms with Crippen molar-refractivity contribution in [1.29, 1.82) is 0 Å². The first-order valence-electron chi connectivity index (χ1n) is 15.4. The summed E-state index contributed by atoms with van der Waals surface area (Å²) >= 11 is 0. The van der Waals surface area contributed by atoms with Crippen molar-refractivity contribution in [1.82, 2.24) is 0 Å². The lowest BCUT2D eigenvalue weighted by molar-refractivity contribution is -0.659. The van der Waals surface area contributed by atoms with Gasteiger partial charge in [0.1, 0.15) is 18.5 Å². The predicted octanol–water partition coefficient (Wildman–Crippen LogP) is 9.94. The number of benzene rings is 4. The molecule has 204 valence electrons. The van der Waals surface area contributed by atoms with Gasteiger partial charge in [0.15, 0.2) is 6.20 Å². The zero-order valence-electron chi connectivity index (χ0n) is 25.1. The molecule has 2 heterocycles. The molecule has 0 amide bonds. The maximum atomic E-state index is 7.15. The number of aromatic nitrogens is 1. The molecule has 2 heteroatoms. The molecule has 4 aromatic carbocycles. The van der Waals surface area contributed by atoms with Crippen LogP contribution >= 0.6 is 0 Å². The summed E-state index contributed by atoms with van der Waals surface area (Å²) in [6.45, 7) is 11.6. The van der Waals surface area contributed by atoms with Gasteiger partial charge < -0.3 is 4.74 Å². The van der Waals surface area contributed by atoms with Crippen LogP contribution in [0.25, 0.3) is 43.6 Å². The van der Waals surface area contributed by atoms with E-state index in [-0.39, 0.29) is 5.41 Å². The average molecular weight is 529 g/mol. The minimum Gasteiger partial charge on any atom is -0.455 e. The van der Waals surface area contributed by atoms with E-state index in [1.165, 1.54) is 97.9 Å². The first-order chi connectivity index (χ1) is 19.2. The summed E-state index contributed by atoms with van der Waals surface area (Å²) in [6.07, 6.45) is 10.9. The van der Waals surface area contributed by atoms with Crippen molar-refractivity contribution in [2.75, 3.05) is 0 Å². The molecule has 1 aliphatic heterocycles. The molecular weight excluding hydrogens is 486 g/mol. The van der Waals surface area contributed by atoms with E-state index in [2.05, 4.69) is 101 Å². The van der Waals surface area contributed by atoms with Gasteiger partial charge in [0.2, 0.25) is 5.69 Å². The summed E-state index contributed by atoms with van der Waals surface area (Å²) in [4.78, 5) is 0. The van der Waals surface area contributed by atoms with Crippen molar-refractivity contribution in [2.45, 2.75) is 79.6 Å². The topological polar surface area (TPSA) is 13.1 Å². The number of fused-ring (bicyclic) bond motifs is 5. The molecule has 1 aliphatic carbocycles. The Morgan fingerprint density at radius 2 is 1.70 bits per heavy atom. The summed E-state index contributed by atoms with van der Waals surface area (Å²) in [5, 5.41) is 7.97. The van der Waals surface area contributed by atoms with Crippen molar-refractivity contribution in [3.8, 4) is 22.8 Å². The molecule has 0 N–H and O–H groups in total. The summed E-state index contributed by atoms with van der Waals surface area (Å²) in [7, 11) is 2.20. The highest BCUT2D eigenvalue weighted by Crippen LogP contribution is 2.53. The molecule has 2 aliphatic rings. The Morgan fingerprint density at radius 1 is 0.900 bits per heavy atom. The van der Waals surface area contributed by atoms with Crippen LogP contribution in [0.15, 0.2) is 54.7 Å². The molecule has 0 bridgehead atoms. The second-order valence-corrected chi connectivity index (χ2v) is 13.7. The fourth-order valence-corrected chi connectivity index (χ4v) is 7.61. The summed E-state index contributed by atoms with van der Waals surface area (Å²) < 4.78 is 9.47. The summed E-state index contributed by atoms with van der Waals surface area (Å²) in [5.41, 5.74) is 8.21. The Kier molecular flexibility index (Phi) is 5.97. The van der Waals surface area contributed by atoms with Gasteiger partial charge in [0.25, 0.3) is 0 Å². The number of nitrogens with zero attached hydrogens (tertiary/aromatic N) is 1. The normalized spacial score (nSPS) is 15.2. The second kappa shape index (κ2) is 9.33. The molecule has 0 atom stereocenters. The number of rotatable bonds is 4. The number of hydrogen-bond acceptors (Lipinski definition) is 1. The molecule has 5 aromatic rings. The van der Waals surface area contributed by atoms with Crippen LogP contribution in [-0.4, -0.2) is 0 Å². The van der Waals surface area contributed by atoms with Crippen LogP contribution in [0.5, 0.6) is 11.5 Å². The Hall–Kier alpha value is -3.39. The monoisotopic (exact) mass is 528 g/mol. The van der Waals surface area contributed by atoms with Crippen molar-refractivity contribution < 1.29 is 9.30 Å². The van der Waals surface area contributed by atoms with Gasteiger partial charge in [-0.1, -0.05) is 89.8 Å². The quantitative estimate of drug-likeness (QED) is 0.164. The van der Waals surface area contributed by atoms with Crippen LogP contribution < -0.4 is 9.30 Å². The first kappa shape index (κ1) is 25.6. The smallest absolute Gasteiger partial charge is 0.228 e. The van der Waals surface area contributed by atoms with Crippen molar-refractivity contribution in [2.24, 2.45) is 18.4 Å². The Bertz CT molecular complexity index is 1810. The Labute approximate surface area is 239 Å². The third-order valence-corrected chi connectivity index (χ3v) is 9.57. The van der Waals surface area contributed by atoms with Crippen molar-refractivity contribution in [3.05, 3.63) is 77.0 Å². The maximum Gasteiger partial charge on any atom is 0.228 e. The largest absolute Gasteiger partial charge is 0.455 e. The predicted molar refractivity (Wildman–Crippen MR) is 169 cm³/mol. The number of ether oxygens (including phenoxy) is 1.